The average molecular weight is 205 g/mol. The lowest BCUT2D eigenvalue weighted by Crippen LogP contribution is -2.03. The Kier molecular flexibility index (Phi) is 5.71. The molecule has 2 nitrogen and oxygen atoms in total. The van der Waals surface area contributed by atoms with Crippen molar-refractivity contribution >= 4 is 5.78 Å². The molecule has 2 N–H and O–H groups in total. The predicted molar refractivity (Wildman–Crippen MR) is 62.7 cm³/mol. The van der Waals surface area contributed by atoms with E-state index in [9.17, 15) is 4.79 Å². The van der Waals surface area contributed by atoms with Crippen molar-refractivity contribution in [3.8, 4) is 0 Å². The van der Waals surface area contributed by atoms with Crippen molar-refractivity contribution in [2.24, 2.45) is 5.73 Å². The molecule has 1 aromatic rings. The van der Waals surface area contributed by atoms with Crippen LogP contribution in [0.2, 0.25) is 0 Å². The number of carbonyl (C=O) groups is 1. The van der Waals surface area contributed by atoms with Crippen LogP contribution in [0.1, 0.15) is 31.2 Å². The van der Waals surface area contributed by atoms with Gasteiger partial charge in [0.25, 0.3) is 0 Å². The summed E-state index contributed by atoms with van der Waals surface area (Å²) in [5.41, 5.74) is 6.50. The number of ketones is 1. The van der Waals surface area contributed by atoms with Gasteiger partial charge in [-0.2, -0.15) is 0 Å². The molecule has 1 aromatic carbocycles. The average Bonchev–Trinajstić information content (AvgIpc) is 2.26. The molecule has 0 bridgehead atoms. The molecule has 0 heterocycles. The van der Waals surface area contributed by atoms with Crippen LogP contribution in [-0.4, -0.2) is 12.3 Å². The van der Waals surface area contributed by atoms with Crippen LogP contribution in [0.3, 0.4) is 0 Å². The molecule has 1 rings (SSSR count). The van der Waals surface area contributed by atoms with Crippen molar-refractivity contribution in [1.29, 1.82) is 0 Å². The van der Waals surface area contributed by atoms with E-state index in [-0.39, 0.29) is 0 Å². The van der Waals surface area contributed by atoms with Gasteiger partial charge in [0.2, 0.25) is 0 Å². The highest BCUT2D eigenvalue weighted by Crippen LogP contribution is 2.05. The molecule has 0 radical (unpaired) electrons. The smallest absolute Gasteiger partial charge is 0.137 e. The largest absolute Gasteiger partial charge is 0.330 e. The number of carbonyl (C=O) groups excluding carboxylic acids is 1. The van der Waals surface area contributed by atoms with E-state index in [0.29, 0.717) is 18.6 Å². The summed E-state index contributed by atoms with van der Waals surface area (Å²) in [4.78, 5) is 11.5. The summed E-state index contributed by atoms with van der Waals surface area (Å²) >= 11 is 0. The Morgan fingerprint density at radius 1 is 1.07 bits per heavy atom. The fraction of sp³-hybridized carbons (Fsp3) is 0.462. The van der Waals surface area contributed by atoms with Crippen molar-refractivity contribution in [3.63, 3.8) is 0 Å². The number of hydrogen-bond donors (Lipinski definition) is 1. The van der Waals surface area contributed by atoms with E-state index in [1.165, 1.54) is 0 Å². The predicted octanol–water partition coefficient (Wildman–Crippen LogP) is 2.32. The zero-order chi connectivity index (χ0) is 10.9. The molecule has 82 valence electrons. The third-order valence-corrected chi connectivity index (χ3v) is 2.40. The maximum atomic E-state index is 11.5. The van der Waals surface area contributed by atoms with Gasteiger partial charge in [0.1, 0.15) is 5.78 Å². The first-order valence-corrected chi connectivity index (χ1v) is 5.58. The minimum absolute atomic E-state index is 0.332. The first-order valence-electron chi connectivity index (χ1n) is 5.58. The molecule has 0 aliphatic carbocycles. The van der Waals surface area contributed by atoms with Gasteiger partial charge in [-0.3, -0.25) is 4.79 Å². The third kappa shape index (κ3) is 5.33. The zero-order valence-corrected chi connectivity index (χ0v) is 9.11. The molecule has 0 saturated heterocycles. The van der Waals surface area contributed by atoms with E-state index in [4.69, 9.17) is 5.73 Å². The van der Waals surface area contributed by atoms with Gasteiger partial charge in [0, 0.05) is 12.8 Å². The van der Waals surface area contributed by atoms with Crippen LogP contribution in [0, 0.1) is 0 Å². The fourth-order valence-electron chi connectivity index (χ4n) is 1.56. The SMILES string of the molecule is NCCCCCC(=O)Cc1ccccc1. The monoisotopic (exact) mass is 205 g/mol. The highest BCUT2D eigenvalue weighted by atomic mass is 16.1. The number of Topliss-reactive ketones (excluding diaryl/α,β-unsaturated/α-hetero) is 1. The number of unbranched alkanes of at least 4 members (excludes halogenated alkanes) is 2. The highest BCUT2D eigenvalue weighted by Gasteiger charge is 2.02. The third-order valence-electron chi connectivity index (χ3n) is 2.40. The van der Waals surface area contributed by atoms with Gasteiger partial charge in [-0.15, -0.1) is 0 Å². The van der Waals surface area contributed by atoms with Crippen LogP contribution in [0.5, 0.6) is 0 Å². The molecular weight excluding hydrogens is 186 g/mol. The van der Waals surface area contributed by atoms with Gasteiger partial charge in [-0.1, -0.05) is 36.8 Å². The molecule has 0 unspecified atom stereocenters. The Balaban J connectivity index is 2.19. The van der Waals surface area contributed by atoms with Crippen LogP contribution < -0.4 is 5.73 Å². The van der Waals surface area contributed by atoms with E-state index >= 15 is 0 Å². The minimum atomic E-state index is 0.332. The fourth-order valence-corrected chi connectivity index (χ4v) is 1.56. The molecule has 15 heavy (non-hydrogen) atoms. The lowest BCUT2D eigenvalue weighted by Gasteiger charge is -2.01. The second kappa shape index (κ2) is 7.18. The summed E-state index contributed by atoms with van der Waals surface area (Å²) in [5.74, 6) is 0.332. The van der Waals surface area contributed by atoms with Gasteiger partial charge < -0.3 is 5.73 Å². The van der Waals surface area contributed by atoms with Crippen molar-refractivity contribution in [2.45, 2.75) is 32.1 Å². The summed E-state index contributed by atoms with van der Waals surface area (Å²) in [5, 5.41) is 0. The van der Waals surface area contributed by atoms with E-state index in [1.54, 1.807) is 0 Å². The number of hydrogen-bond acceptors (Lipinski definition) is 2. The lowest BCUT2D eigenvalue weighted by atomic mass is 10.0. The van der Waals surface area contributed by atoms with Gasteiger partial charge >= 0.3 is 0 Å². The van der Waals surface area contributed by atoms with Gasteiger partial charge in [0.15, 0.2) is 0 Å². The summed E-state index contributed by atoms with van der Waals surface area (Å²) in [7, 11) is 0. The lowest BCUT2D eigenvalue weighted by molar-refractivity contribution is -0.118. The van der Waals surface area contributed by atoms with Crippen molar-refractivity contribution < 1.29 is 4.79 Å². The van der Waals surface area contributed by atoms with Crippen LogP contribution >= 0.6 is 0 Å². The Labute approximate surface area is 91.5 Å². The van der Waals surface area contributed by atoms with Crippen LogP contribution in [0.15, 0.2) is 30.3 Å². The second-order valence-electron chi connectivity index (χ2n) is 3.80. The first-order chi connectivity index (χ1) is 7.33. The van der Waals surface area contributed by atoms with Crippen molar-refractivity contribution in [2.75, 3.05) is 6.54 Å². The summed E-state index contributed by atoms with van der Waals surface area (Å²) < 4.78 is 0. The topological polar surface area (TPSA) is 43.1 Å². The molecule has 2 heteroatoms. The Bertz CT molecular complexity index is 282. The van der Waals surface area contributed by atoms with Gasteiger partial charge in [-0.05, 0) is 24.9 Å². The van der Waals surface area contributed by atoms with E-state index in [0.717, 1.165) is 31.4 Å². The Morgan fingerprint density at radius 3 is 2.47 bits per heavy atom. The summed E-state index contributed by atoms with van der Waals surface area (Å²) in [6.07, 6.45) is 4.33. The summed E-state index contributed by atoms with van der Waals surface area (Å²) in [6, 6.07) is 9.90. The maximum Gasteiger partial charge on any atom is 0.137 e. The van der Waals surface area contributed by atoms with Gasteiger partial charge in [-0.25, -0.2) is 0 Å². The van der Waals surface area contributed by atoms with Crippen LogP contribution in [-0.2, 0) is 11.2 Å². The standard InChI is InChI=1S/C13H19NO/c14-10-6-2-5-9-13(15)11-12-7-3-1-4-8-12/h1,3-4,7-8H,2,5-6,9-11,14H2. The maximum absolute atomic E-state index is 11.5. The number of benzene rings is 1. The Hall–Kier alpha value is -1.15. The quantitative estimate of drug-likeness (QED) is 0.694. The Morgan fingerprint density at radius 2 is 1.80 bits per heavy atom. The first kappa shape index (κ1) is 11.9. The molecule has 0 aliphatic heterocycles. The van der Waals surface area contributed by atoms with E-state index < -0.39 is 0 Å². The molecule has 0 spiro atoms. The second-order valence-corrected chi connectivity index (χ2v) is 3.80. The van der Waals surface area contributed by atoms with E-state index in [1.807, 2.05) is 30.3 Å². The van der Waals surface area contributed by atoms with Crippen LogP contribution in [0.25, 0.3) is 0 Å². The van der Waals surface area contributed by atoms with Crippen LogP contribution in [0.4, 0.5) is 0 Å². The number of nitrogens with two attached hydrogens (primary N) is 1. The zero-order valence-electron chi connectivity index (χ0n) is 9.11. The minimum Gasteiger partial charge on any atom is -0.330 e. The normalized spacial score (nSPS) is 10.2. The van der Waals surface area contributed by atoms with Crippen molar-refractivity contribution in [1.82, 2.24) is 0 Å². The molecule has 0 saturated carbocycles. The van der Waals surface area contributed by atoms with Crippen molar-refractivity contribution in [3.05, 3.63) is 35.9 Å². The molecule has 0 aromatic heterocycles. The van der Waals surface area contributed by atoms with E-state index in [2.05, 4.69) is 0 Å². The molecule has 0 atom stereocenters. The highest BCUT2D eigenvalue weighted by molar-refractivity contribution is 5.80. The molecule has 0 fully saturated rings. The summed E-state index contributed by atoms with van der Waals surface area (Å²) in [6.45, 7) is 0.729. The molecule has 0 aliphatic rings. The number of rotatable bonds is 7. The molecule has 0 amide bonds. The molecular formula is C13H19NO. The van der Waals surface area contributed by atoms with Gasteiger partial charge in [0.05, 0.1) is 0 Å².